The van der Waals surface area contributed by atoms with Crippen molar-refractivity contribution in [3.05, 3.63) is 24.3 Å². The van der Waals surface area contributed by atoms with Crippen molar-refractivity contribution in [2.45, 2.75) is 12.8 Å². The van der Waals surface area contributed by atoms with E-state index in [9.17, 15) is 8.42 Å². The van der Waals surface area contributed by atoms with E-state index in [4.69, 9.17) is 10.5 Å². The first-order chi connectivity index (χ1) is 9.82. The average Bonchev–Trinajstić information content (AvgIpc) is 3.15. The monoisotopic (exact) mass is 439 g/mol. The van der Waals surface area contributed by atoms with Crippen LogP contribution in [0.5, 0.6) is 5.75 Å². The van der Waals surface area contributed by atoms with Gasteiger partial charge >= 0.3 is 0 Å². The van der Waals surface area contributed by atoms with Gasteiger partial charge in [-0.1, -0.05) is 0 Å². The van der Waals surface area contributed by atoms with Crippen molar-refractivity contribution in [3.63, 3.8) is 0 Å². The summed E-state index contributed by atoms with van der Waals surface area (Å²) in [6, 6.07) is 7.32. The van der Waals surface area contributed by atoms with E-state index in [1.807, 2.05) is 24.3 Å². The molecule has 124 valence electrons. The zero-order valence-electron chi connectivity index (χ0n) is 12.7. The summed E-state index contributed by atoms with van der Waals surface area (Å²) in [7, 11) is -1.37. The summed E-state index contributed by atoms with van der Waals surface area (Å²) in [5, 5.41) is 2.98. The number of sulfone groups is 1. The first-order valence-corrected chi connectivity index (χ1v) is 8.77. The number of rotatable bonds is 6. The number of guanidine groups is 1. The van der Waals surface area contributed by atoms with Gasteiger partial charge in [0.15, 0.2) is 5.96 Å². The molecule has 3 N–H and O–H groups in total. The molecular formula is C14H22IN3O3S. The Morgan fingerprint density at radius 1 is 1.36 bits per heavy atom. The van der Waals surface area contributed by atoms with Crippen LogP contribution in [0.4, 0.5) is 5.69 Å². The summed E-state index contributed by atoms with van der Waals surface area (Å²) in [5.41, 5.74) is 6.43. The van der Waals surface area contributed by atoms with Crippen LogP contribution in [0.1, 0.15) is 12.8 Å². The fourth-order valence-electron chi connectivity index (χ4n) is 2.20. The van der Waals surface area contributed by atoms with Gasteiger partial charge < -0.3 is 15.8 Å². The van der Waals surface area contributed by atoms with Crippen molar-refractivity contribution < 1.29 is 13.2 Å². The molecule has 0 aromatic heterocycles. The predicted molar refractivity (Wildman–Crippen MR) is 99.9 cm³/mol. The number of anilines is 1. The smallest absolute Gasteiger partial charge is 0.193 e. The van der Waals surface area contributed by atoms with Crippen LogP contribution < -0.4 is 15.8 Å². The van der Waals surface area contributed by atoms with E-state index in [0.29, 0.717) is 12.5 Å². The first-order valence-electron chi connectivity index (χ1n) is 6.71. The number of hydrogen-bond donors (Lipinski definition) is 2. The Morgan fingerprint density at radius 3 is 2.41 bits per heavy atom. The average molecular weight is 439 g/mol. The molecule has 6 nitrogen and oxygen atoms in total. The fraction of sp³-hybridized carbons (Fsp3) is 0.500. The predicted octanol–water partition coefficient (Wildman–Crippen LogP) is 1.86. The van der Waals surface area contributed by atoms with E-state index < -0.39 is 9.84 Å². The Balaban J connectivity index is 0.00000242. The number of halogens is 1. The summed E-state index contributed by atoms with van der Waals surface area (Å²) < 4.78 is 27.8. The van der Waals surface area contributed by atoms with Gasteiger partial charge in [-0.25, -0.2) is 8.42 Å². The maximum Gasteiger partial charge on any atom is 0.193 e. The number of ether oxygens (including phenoxy) is 1. The minimum atomic E-state index is -2.98. The van der Waals surface area contributed by atoms with Gasteiger partial charge in [-0.3, -0.25) is 4.99 Å². The maximum atomic E-state index is 11.4. The third kappa shape index (κ3) is 5.99. The lowest BCUT2D eigenvalue weighted by Gasteiger charge is -2.12. The zero-order valence-corrected chi connectivity index (χ0v) is 15.9. The number of nitrogens with zero attached hydrogens (tertiary/aromatic N) is 1. The molecule has 0 aliphatic heterocycles. The topological polar surface area (TPSA) is 93.8 Å². The van der Waals surface area contributed by atoms with Crippen molar-refractivity contribution in [1.29, 1.82) is 0 Å². The van der Waals surface area contributed by atoms with Crippen LogP contribution in [0.2, 0.25) is 0 Å². The summed E-state index contributed by atoms with van der Waals surface area (Å²) in [4.78, 5) is 4.27. The molecule has 0 unspecified atom stereocenters. The lowest BCUT2D eigenvalue weighted by Crippen LogP contribution is -2.26. The van der Waals surface area contributed by atoms with Crippen LogP contribution in [0.15, 0.2) is 29.3 Å². The lowest BCUT2D eigenvalue weighted by molar-refractivity contribution is 0.415. The van der Waals surface area contributed by atoms with Gasteiger partial charge in [0.25, 0.3) is 0 Å². The SMILES string of the molecule is COc1ccc(NC(N)=NCC2(CS(C)(=O)=O)CC2)cc1.I. The highest BCUT2D eigenvalue weighted by atomic mass is 127. The molecule has 1 aromatic carbocycles. The molecule has 0 amide bonds. The fourth-order valence-corrected chi connectivity index (χ4v) is 3.69. The zero-order chi connectivity index (χ0) is 15.5. The molecule has 1 aliphatic carbocycles. The van der Waals surface area contributed by atoms with E-state index in [1.54, 1.807) is 7.11 Å². The number of nitrogens with two attached hydrogens (primary N) is 1. The van der Waals surface area contributed by atoms with Crippen LogP contribution in [-0.2, 0) is 9.84 Å². The summed E-state index contributed by atoms with van der Waals surface area (Å²) >= 11 is 0. The minimum Gasteiger partial charge on any atom is -0.497 e. The number of hydrogen-bond acceptors (Lipinski definition) is 4. The Hall–Kier alpha value is -1.03. The van der Waals surface area contributed by atoms with Gasteiger partial charge in [-0.2, -0.15) is 0 Å². The molecule has 1 aliphatic rings. The molecule has 0 atom stereocenters. The largest absolute Gasteiger partial charge is 0.497 e. The molecule has 0 radical (unpaired) electrons. The third-order valence-corrected chi connectivity index (χ3v) is 4.61. The second-order valence-corrected chi connectivity index (χ2v) is 7.77. The third-order valence-electron chi connectivity index (χ3n) is 3.47. The van der Waals surface area contributed by atoms with Crippen LogP contribution >= 0.6 is 24.0 Å². The minimum absolute atomic E-state index is 0. The molecule has 1 aromatic rings. The Bertz CT molecular complexity index is 625. The molecule has 2 rings (SSSR count). The maximum absolute atomic E-state index is 11.4. The standard InChI is InChI=1S/C14H21N3O3S.HI/c1-20-12-5-3-11(4-6-12)17-13(15)16-9-14(7-8-14)10-21(2,18)19;/h3-6H,7-10H2,1-2H3,(H3,15,16,17);1H. The summed E-state index contributed by atoms with van der Waals surface area (Å²) in [5.74, 6) is 1.24. The van der Waals surface area contributed by atoms with Crippen molar-refractivity contribution in [1.82, 2.24) is 0 Å². The second kappa shape index (κ2) is 7.49. The van der Waals surface area contributed by atoms with Gasteiger partial charge in [0.2, 0.25) is 0 Å². The number of nitrogens with one attached hydrogen (secondary N) is 1. The van der Waals surface area contributed by atoms with E-state index in [2.05, 4.69) is 10.3 Å². The van der Waals surface area contributed by atoms with Crippen molar-refractivity contribution in [3.8, 4) is 5.75 Å². The van der Waals surface area contributed by atoms with E-state index in [-0.39, 0.29) is 35.1 Å². The normalized spacial score (nSPS) is 16.5. The van der Waals surface area contributed by atoms with Crippen LogP contribution in [0, 0.1) is 5.41 Å². The van der Waals surface area contributed by atoms with Crippen LogP contribution in [0.3, 0.4) is 0 Å². The highest BCUT2D eigenvalue weighted by Gasteiger charge is 2.45. The molecule has 1 saturated carbocycles. The Kier molecular flexibility index (Phi) is 6.48. The van der Waals surface area contributed by atoms with Crippen LogP contribution in [0.25, 0.3) is 0 Å². The van der Waals surface area contributed by atoms with E-state index >= 15 is 0 Å². The molecule has 8 heteroatoms. The number of aliphatic imine (C=N–C) groups is 1. The molecule has 22 heavy (non-hydrogen) atoms. The Labute approximate surface area is 148 Å². The molecule has 0 bridgehead atoms. The summed E-state index contributed by atoms with van der Waals surface area (Å²) in [6.07, 6.45) is 3.04. The molecular weight excluding hydrogens is 417 g/mol. The molecule has 1 fully saturated rings. The summed E-state index contributed by atoms with van der Waals surface area (Å²) in [6.45, 7) is 0.440. The van der Waals surface area contributed by atoms with E-state index in [0.717, 1.165) is 24.3 Å². The second-order valence-electron chi connectivity index (χ2n) is 5.63. The molecule has 0 heterocycles. The van der Waals surface area contributed by atoms with Gasteiger partial charge in [0.1, 0.15) is 15.6 Å². The van der Waals surface area contributed by atoms with Crippen LogP contribution in [-0.4, -0.2) is 40.0 Å². The molecule has 0 spiro atoms. The highest BCUT2D eigenvalue weighted by Crippen LogP contribution is 2.46. The van der Waals surface area contributed by atoms with E-state index in [1.165, 1.54) is 6.26 Å². The highest BCUT2D eigenvalue weighted by molar-refractivity contribution is 14.0. The number of methoxy groups -OCH3 is 1. The number of benzene rings is 1. The lowest BCUT2D eigenvalue weighted by atomic mass is 10.1. The van der Waals surface area contributed by atoms with Crippen molar-refractivity contribution in [2.75, 3.05) is 31.0 Å². The van der Waals surface area contributed by atoms with Gasteiger partial charge in [0.05, 0.1) is 12.9 Å². The van der Waals surface area contributed by atoms with Gasteiger partial charge in [-0.15, -0.1) is 24.0 Å². The first kappa shape index (κ1) is 19.0. The Morgan fingerprint density at radius 2 is 1.95 bits per heavy atom. The van der Waals surface area contributed by atoms with Gasteiger partial charge in [0, 0.05) is 23.9 Å². The van der Waals surface area contributed by atoms with Crippen molar-refractivity contribution >= 4 is 45.5 Å². The quantitative estimate of drug-likeness (QED) is 0.401. The molecule has 0 saturated heterocycles. The van der Waals surface area contributed by atoms with Crippen molar-refractivity contribution in [2.24, 2.45) is 16.1 Å². The van der Waals surface area contributed by atoms with Gasteiger partial charge in [-0.05, 0) is 37.1 Å².